The summed E-state index contributed by atoms with van der Waals surface area (Å²) in [6.07, 6.45) is 3.42. The van der Waals surface area contributed by atoms with Crippen molar-refractivity contribution in [2.24, 2.45) is 0 Å². The maximum Gasteiger partial charge on any atom is 0.120 e. The first kappa shape index (κ1) is 18.9. The van der Waals surface area contributed by atoms with E-state index in [1.54, 1.807) is 0 Å². The van der Waals surface area contributed by atoms with Crippen LogP contribution in [0.5, 0.6) is 5.75 Å². The lowest BCUT2D eigenvalue weighted by molar-refractivity contribution is -0.0517. The molecule has 1 saturated heterocycles. The van der Waals surface area contributed by atoms with Crippen molar-refractivity contribution in [3.05, 3.63) is 60.4 Å². The SMILES string of the molecule is Cc1cnn(CC2CN(CC(O)COc3ccc4ccccc4c3)CCO2)c1. The zero-order valence-corrected chi connectivity index (χ0v) is 16.2. The van der Waals surface area contributed by atoms with E-state index in [9.17, 15) is 5.11 Å². The van der Waals surface area contributed by atoms with Gasteiger partial charge in [-0.05, 0) is 35.4 Å². The maximum absolute atomic E-state index is 10.4. The fourth-order valence-electron chi connectivity index (χ4n) is 3.63. The van der Waals surface area contributed by atoms with Crippen LogP contribution in [0.1, 0.15) is 5.56 Å². The van der Waals surface area contributed by atoms with Crippen LogP contribution >= 0.6 is 0 Å². The molecular weight excluding hydrogens is 354 g/mol. The molecule has 0 aliphatic carbocycles. The molecule has 0 bridgehead atoms. The third-order valence-electron chi connectivity index (χ3n) is 5.01. The summed E-state index contributed by atoms with van der Waals surface area (Å²) in [5, 5.41) is 17.1. The van der Waals surface area contributed by atoms with Crippen molar-refractivity contribution in [3.8, 4) is 5.75 Å². The summed E-state index contributed by atoms with van der Waals surface area (Å²) in [4.78, 5) is 2.24. The molecule has 6 nitrogen and oxygen atoms in total. The van der Waals surface area contributed by atoms with Gasteiger partial charge in [0.1, 0.15) is 18.5 Å². The Kier molecular flexibility index (Phi) is 5.90. The summed E-state index contributed by atoms with van der Waals surface area (Å²) >= 11 is 0. The molecule has 2 unspecified atom stereocenters. The molecular formula is C22H27N3O3. The standard InChI is InChI=1S/C22H27N3O3/c1-17-11-23-25(12-17)15-22-14-24(8-9-27-22)13-20(26)16-28-21-7-6-18-4-2-3-5-19(18)10-21/h2-7,10-12,20,22,26H,8-9,13-16H2,1H3. The van der Waals surface area contributed by atoms with Gasteiger partial charge in [-0.15, -0.1) is 0 Å². The van der Waals surface area contributed by atoms with E-state index in [0.29, 0.717) is 13.2 Å². The number of rotatable bonds is 7. The number of aryl methyl sites for hydroxylation is 1. The Morgan fingerprint density at radius 3 is 2.93 bits per heavy atom. The minimum absolute atomic E-state index is 0.0849. The number of aliphatic hydroxyl groups is 1. The van der Waals surface area contributed by atoms with Crippen LogP contribution in [-0.4, -0.2) is 64.8 Å². The third kappa shape index (κ3) is 4.90. The molecule has 3 aromatic rings. The van der Waals surface area contributed by atoms with E-state index in [4.69, 9.17) is 9.47 Å². The lowest BCUT2D eigenvalue weighted by Crippen LogP contribution is -2.47. The van der Waals surface area contributed by atoms with Crippen molar-refractivity contribution in [3.63, 3.8) is 0 Å². The second kappa shape index (κ2) is 8.73. The number of nitrogens with zero attached hydrogens (tertiary/aromatic N) is 3. The van der Waals surface area contributed by atoms with Crippen LogP contribution in [0.2, 0.25) is 0 Å². The van der Waals surface area contributed by atoms with Gasteiger partial charge in [0.2, 0.25) is 0 Å². The summed E-state index contributed by atoms with van der Waals surface area (Å²) < 4.78 is 13.6. The number of β-amino-alcohol motifs (C(OH)–C–C–N with tert-alkyl or cyclic N) is 1. The molecule has 0 spiro atoms. The molecule has 0 radical (unpaired) electrons. The van der Waals surface area contributed by atoms with Crippen molar-refractivity contribution >= 4 is 10.8 Å². The van der Waals surface area contributed by atoms with Gasteiger partial charge in [0, 0.05) is 25.8 Å². The number of ether oxygens (including phenoxy) is 2. The molecule has 2 heterocycles. The topological polar surface area (TPSA) is 59.8 Å². The van der Waals surface area contributed by atoms with Gasteiger partial charge in [0.05, 0.1) is 25.5 Å². The molecule has 148 valence electrons. The van der Waals surface area contributed by atoms with Crippen molar-refractivity contribution in [2.75, 3.05) is 32.8 Å². The number of hydrogen-bond donors (Lipinski definition) is 1. The molecule has 2 atom stereocenters. The molecule has 1 aliphatic rings. The van der Waals surface area contributed by atoms with Gasteiger partial charge in [0.25, 0.3) is 0 Å². The Labute approximate surface area is 165 Å². The zero-order valence-electron chi connectivity index (χ0n) is 16.2. The van der Waals surface area contributed by atoms with Crippen LogP contribution in [0.4, 0.5) is 0 Å². The predicted molar refractivity (Wildman–Crippen MR) is 109 cm³/mol. The summed E-state index contributed by atoms with van der Waals surface area (Å²) in [7, 11) is 0. The molecule has 1 aromatic heterocycles. The van der Waals surface area contributed by atoms with Crippen LogP contribution in [0.15, 0.2) is 54.9 Å². The summed E-state index contributed by atoms with van der Waals surface area (Å²) in [5.74, 6) is 0.784. The van der Waals surface area contributed by atoms with Gasteiger partial charge in [-0.1, -0.05) is 30.3 Å². The van der Waals surface area contributed by atoms with Gasteiger partial charge in [-0.2, -0.15) is 5.10 Å². The Hall–Kier alpha value is -2.41. The van der Waals surface area contributed by atoms with Crippen molar-refractivity contribution in [1.82, 2.24) is 14.7 Å². The van der Waals surface area contributed by atoms with E-state index in [1.165, 1.54) is 5.39 Å². The van der Waals surface area contributed by atoms with E-state index < -0.39 is 6.10 Å². The highest BCUT2D eigenvalue weighted by Crippen LogP contribution is 2.20. The minimum atomic E-state index is -0.544. The van der Waals surface area contributed by atoms with Gasteiger partial charge < -0.3 is 14.6 Å². The highest BCUT2D eigenvalue weighted by molar-refractivity contribution is 5.83. The van der Waals surface area contributed by atoms with E-state index >= 15 is 0 Å². The van der Waals surface area contributed by atoms with E-state index in [0.717, 1.165) is 36.3 Å². The Balaban J connectivity index is 1.26. The minimum Gasteiger partial charge on any atom is -0.491 e. The second-order valence-corrected chi connectivity index (χ2v) is 7.47. The average molecular weight is 381 g/mol. The lowest BCUT2D eigenvalue weighted by Gasteiger charge is -2.34. The Bertz CT molecular complexity index is 911. The molecule has 0 saturated carbocycles. The molecule has 6 heteroatoms. The highest BCUT2D eigenvalue weighted by atomic mass is 16.5. The van der Waals surface area contributed by atoms with Crippen molar-refractivity contribution in [2.45, 2.75) is 25.7 Å². The summed E-state index contributed by atoms with van der Waals surface area (Å²) in [5.41, 5.74) is 1.15. The molecule has 1 fully saturated rings. The smallest absolute Gasteiger partial charge is 0.120 e. The van der Waals surface area contributed by atoms with Crippen LogP contribution in [-0.2, 0) is 11.3 Å². The zero-order chi connectivity index (χ0) is 19.3. The fraction of sp³-hybridized carbons (Fsp3) is 0.409. The average Bonchev–Trinajstić information content (AvgIpc) is 3.11. The lowest BCUT2D eigenvalue weighted by atomic mass is 10.1. The predicted octanol–water partition coefficient (Wildman–Crippen LogP) is 2.49. The monoisotopic (exact) mass is 381 g/mol. The number of benzene rings is 2. The van der Waals surface area contributed by atoms with E-state index in [2.05, 4.69) is 22.1 Å². The molecule has 4 rings (SSSR count). The van der Waals surface area contributed by atoms with Gasteiger partial charge in [0.15, 0.2) is 0 Å². The number of fused-ring (bicyclic) bond motifs is 1. The fourth-order valence-corrected chi connectivity index (χ4v) is 3.63. The summed E-state index contributed by atoms with van der Waals surface area (Å²) in [6.45, 7) is 5.89. The Morgan fingerprint density at radius 1 is 1.25 bits per heavy atom. The number of hydrogen-bond acceptors (Lipinski definition) is 5. The normalized spacial score (nSPS) is 19.0. The van der Waals surface area contributed by atoms with Crippen molar-refractivity contribution < 1.29 is 14.6 Å². The first-order chi connectivity index (χ1) is 13.7. The molecule has 1 aliphatic heterocycles. The number of aromatic nitrogens is 2. The quantitative estimate of drug-likeness (QED) is 0.681. The van der Waals surface area contributed by atoms with Gasteiger partial charge in [-0.3, -0.25) is 9.58 Å². The molecule has 0 amide bonds. The van der Waals surface area contributed by atoms with Crippen molar-refractivity contribution in [1.29, 1.82) is 0 Å². The van der Waals surface area contributed by atoms with Crippen LogP contribution in [0.3, 0.4) is 0 Å². The van der Waals surface area contributed by atoms with Crippen LogP contribution in [0.25, 0.3) is 10.8 Å². The second-order valence-electron chi connectivity index (χ2n) is 7.47. The third-order valence-corrected chi connectivity index (χ3v) is 5.01. The first-order valence-corrected chi connectivity index (χ1v) is 9.78. The molecule has 28 heavy (non-hydrogen) atoms. The van der Waals surface area contributed by atoms with E-state index in [-0.39, 0.29) is 12.7 Å². The molecule has 1 N–H and O–H groups in total. The van der Waals surface area contributed by atoms with Gasteiger partial charge in [-0.25, -0.2) is 0 Å². The number of aliphatic hydroxyl groups excluding tert-OH is 1. The summed E-state index contributed by atoms with van der Waals surface area (Å²) in [6, 6.07) is 14.2. The van der Waals surface area contributed by atoms with Crippen LogP contribution < -0.4 is 4.74 Å². The molecule has 2 aromatic carbocycles. The number of morpholine rings is 1. The van der Waals surface area contributed by atoms with Gasteiger partial charge >= 0.3 is 0 Å². The maximum atomic E-state index is 10.4. The highest BCUT2D eigenvalue weighted by Gasteiger charge is 2.23. The van der Waals surface area contributed by atoms with Crippen LogP contribution in [0, 0.1) is 6.92 Å². The Morgan fingerprint density at radius 2 is 2.11 bits per heavy atom. The largest absolute Gasteiger partial charge is 0.491 e. The van der Waals surface area contributed by atoms with E-state index in [1.807, 2.05) is 54.3 Å². The first-order valence-electron chi connectivity index (χ1n) is 9.78.